The highest BCUT2D eigenvalue weighted by molar-refractivity contribution is 5.86. The van der Waals surface area contributed by atoms with Crippen LogP contribution in [0.1, 0.15) is 59.3 Å². The molecule has 2 amide bonds. The molecular formula is C19H30N2O4. The van der Waals surface area contributed by atoms with Crippen LogP contribution in [-0.4, -0.2) is 59.4 Å². The third-order valence-corrected chi connectivity index (χ3v) is 5.70. The maximum Gasteiger partial charge on any atom is 0.410 e. The van der Waals surface area contributed by atoms with Gasteiger partial charge in [-0.05, 0) is 51.9 Å². The monoisotopic (exact) mass is 350 g/mol. The first-order valence-corrected chi connectivity index (χ1v) is 9.46. The van der Waals surface area contributed by atoms with Gasteiger partial charge in [0, 0.05) is 39.0 Å². The molecule has 6 nitrogen and oxygen atoms in total. The van der Waals surface area contributed by atoms with Crippen molar-refractivity contribution in [1.29, 1.82) is 0 Å². The van der Waals surface area contributed by atoms with Crippen LogP contribution in [0.3, 0.4) is 0 Å². The van der Waals surface area contributed by atoms with E-state index in [9.17, 15) is 14.4 Å². The number of hydrogen-bond acceptors (Lipinski definition) is 4. The Kier molecular flexibility index (Phi) is 4.82. The maximum atomic E-state index is 12.9. The zero-order valence-electron chi connectivity index (χ0n) is 15.7. The molecule has 2 saturated heterocycles. The second-order valence-corrected chi connectivity index (χ2v) is 8.98. The Morgan fingerprint density at radius 1 is 1.08 bits per heavy atom. The SMILES string of the molecule is CC(C)(C)OC(=O)N1CCCC(C(=O)N2CCC3(CC2)CC(=O)C3)C1. The summed E-state index contributed by atoms with van der Waals surface area (Å²) in [5, 5.41) is 0. The molecule has 3 fully saturated rings. The minimum Gasteiger partial charge on any atom is -0.444 e. The molecule has 140 valence electrons. The van der Waals surface area contributed by atoms with Gasteiger partial charge in [-0.1, -0.05) is 0 Å². The zero-order chi connectivity index (χ0) is 18.2. The molecule has 6 heteroatoms. The van der Waals surface area contributed by atoms with Crippen LogP contribution in [0.5, 0.6) is 0 Å². The molecule has 25 heavy (non-hydrogen) atoms. The van der Waals surface area contributed by atoms with E-state index in [2.05, 4.69) is 0 Å². The van der Waals surface area contributed by atoms with Crippen molar-refractivity contribution in [3.8, 4) is 0 Å². The van der Waals surface area contributed by atoms with Crippen molar-refractivity contribution in [2.24, 2.45) is 11.3 Å². The van der Waals surface area contributed by atoms with Crippen LogP contribution in [0.25, 0.3) is 0 Å². The third-order valence-electron chi connectivity index (χ3n) is 5.70. The normalized spacial score (nSPS) is 26.4. The molecular weight excluding hydrogens is 320 g/mol. The molecule has 3 aliphatic rings. The summed E-state index contributed by atoms with van der Waals surface area (Å²) < 4.78 is 5.44. The summed E-state index contributed by atoms with van der Waals surface area (Å²) in [4.78, 5) is 40.1. The number of amides is 2. The smallest absolute Gasteiger partial charge is 0.410 e. The summed E-state index contributed by atoms with van der Waals surface area (Å²) in [7, 11) is 0. The van der Waals surface area contributed by atoms with Crippen LogP contribution >= 0.6 is 0 Å². The van der Waals surface area contributed by atoms with Gasteiger partial charge < -0.3 is 14.5 Å². The third kappa shape index (κ3) is 4.15. The number of likely N-dealkylation sites (tertiary alicyclic amines) is 2. The van der Waals surface area contributed by atoms with Crippen LogP contribution in [0.15, 0.2) is 0 Å². The van der Waals surface area contributed by atoms with E-state index in [4.69, 9.17) is 4.74 Å². The Hall–Kier alpha value is -1.59. The Bertz CT molecular complexity index is 548. The summed E-state index contributed by atoms with van der Waals surface area (Å²) in [6.45, 7) is 8.16. The highest BCUT2D eigenvalue weighted by atomic mass is 16.6. The molecule has 1 unspecified atom stereocenters. The average molecular weight is 350 g/mol. The van der Waals surface area contributed by atoms with Gasteiger partial charge in [-0.25, -0.2) is 4.79 Å². The van der Waals surface area contributed by atoms with Crippen molar-refractivity contribution < 1.29 is 19.1 Å². The topological polar surface area (TPSA) is 66.9 Å². The van der Waals surface area contributed by atoms with E-state index < -0.39 is 5.60 Å². The van der Waals surface area contributed by atoms with E-state index >= 15 is 0 Å². The van der Waals surface area contributed by atoms with E-state index in [1.54, 1.807) is 4.90 Å². The Morgan fingerprint density at radius 2 is 1.72 bits per heavy atom. The second kappa shape index (κ2) is 6.61. The maximum absolute atomic E-state index is 12.9. The molecule has 0 aromatic carbocycles. The lowest BCUT2D eigenvalue weighted by Crippen LogP contribution is -2.52. The summed E-state index contributed by atoms with van der Waals surface area (Å²) in [6, 6.07) is 0. The van der Waals surface area contributed by atoms with Gasteiger partial charge in [0.05, 0.1) is 5.92 Å². The highest BCUT2D eigenvalue weighted by Crippen LogP contribution is 2.46. The summed E-state index contributed by atoms with van der Waals surface area (Å²) in [6.07, 6.45) is 4.62. The van der Waals surface area contributed by atoms with Gasteiger partial charge in [-0.2, -0.15) is 0 Å². The first-order chi connectivity index (χ1) is 11.7. The lowest BCUT2D eigenvalue weighted by molar-refractivity contribution is -0.144. The van der Waals surface area contributed by atoms with Crippen molar-refractivity contribution in [3.63, 3.8) is 0 Å². The minimum atomic E-state index is -0.518. The van der Waals surface area contributed by atoms with Crippen LogP contribution < -0.4 is 0 Å². The number of hydrogen-bond donors (Lipinski definition) is 0. The summed E-state index contributed by atoms with van der Waals surface area (Å²) >= 11 is 0. The van der Waals surface area contributed by atoms with Gasteiger partial charge in [0.2, 0.25) is 5.91 Å². The average Bonchev–Trinajstić information content (AvgIpc) is 2.52. The molecule has 0 aromatic heterocycles. The van der Waals surface area contributed by atoms with Gasteiger partial charge in [0.25, 0.3) is 0 Å². The fourth-order valence-corrected chi connectivity index (χ4v) is 4.27. The van der Waals surface area contributed by atoms with Crippen LogP contribution in [0.2, 0.25) is 0 Å². The molecule has 0 bridgehead atoms. The zero-order valence-corrected chi connectivity index (χ0v) is 15.7. The number of rotatable bonds is 1. The molecule has 0 aromatic rings. The van der Waals surface area contributed by atoms with Crippen molar-refractivity contribution in [2.75, 3.05) is 26.2 Å². The number of carbonyl (C=O) groups excluding carboxylic acids is 3. The molecule has 2 heterocycles. The van der Waals surface area contributed by atoms with Gasteiger partial charge in [0.1, 0.15) is 11.4 Å². The quantitative estimate of drug-likeness (QED) is 0.729. The van der Waals surface area contributed by atoms with E-state index in [1.165, 1.54) is 0 Å². The number of nitrogens with zero attached hydrogens (tertiary/aromatic N) is 2. The second-order valence-electron chi connectivity index (χ2n) is 8.98. The lowest BCUT2D eigenvalue weighted by atomic mass is 9.62. The molecule has 1 aliphatic carbocycles. The standard InChI is InChI=1S/C19H30N2O4/c1-18(2,3)25-17(24)21-8-4-5-14(13-21)16(23)20-9-6-19(7-10-20)11-15(22)12-19/h14H,4-13H2,1-3H3. The van der Waals surface area contributed by atoms with Crippen molar-refractivity contribution >= 4 is 17.8 Å². The first-order valence-electron chi connectivity index (χ1n) is 9.46. The number of Topliss-reactive ketones (excluding diaryl/α,β-unsaturated/α-hetero) is 1. The molecule has 1 saturated carbocycles. The molecule has 0 radical (unpaired) electrons. The fourth-order valence-electron chi connectivity index (χ4n) is 4.27. The van der Waals surface area contributed by atoms with Gasteiger partial charge >= 0.3 is 6.09 Å². The van der Waals surface area contributed by atoms with E-state index in [0.717, 1.165) is 38.8 Å². The number of carbonyl (C=O) groups is 3. The molecule has 3 rings (SSSR count). The first kappa shape index (κ1) is 18.2. The predicted octanol–water partition coefficient (Wildman–Crippen LogP) is 2.61. The number of piperidine rings is 2. The summed E-state index contributed by atoms with van der Waals surface area (Å²) in [5.41, 5.74) is -0.335. The van der Waals surface area contributed by atoms with Crippen LogP contribution in [-0.2, 0) is 14.3 Å². The van der Waals surface area contributed by atoms with Gasteiger partial charge in [-0.3, -0.25) is 9.59 Å². The van der Waals surface area contributed by atoms with E-state index in [-0.39, 0.29) is 23.3 Å². The van der Waals surface area contributed by atoms with Crippen LogP contribution in [0.4, 0.5) is 4.79 Å². The van der Waals surface area contributed by atoms with Crippen LogP contribution in [0, 0.1) is 11.3 Å². The predicted molar refractivity (Wildman–Crippen MR) is 93.0 cm³/mol. The van der Waals surface area contributed by atoms with Gasteiger partial charge in [-0.15, -0.1) is 0 Å². The fraction of sp³-hybridized carbons (Fsp3) is 0.842. The number of ether oxygens (including phenoxy) is 1. The Morgan fingerprint density at radius 3 is 2.28 bits per heavy atom. The Labute approximate surface area is 149 Å². The summed E-state index contributed by atoms with van der Waals surface area (Å²) in [5.74, 6) is 0.396. The largest absolute Gasteiger partial charge is 0.444 e. The molecule has 1 spiro atoms. The molecule has 0 N–H and O–H groups in total. The van der Waals surface area contributed by atoms with Crippen molar-refractivity contribution in [3.05, 3.63) is 0 Å². The van der Waals surface area contributed by atoms with Gasteiger partial charge in [0.15, 0.2) is 0 Å². The molecule has 2 aliphatic heterocycles. The van der Waals surface area contributed by atoms with Crippen molar-refractivity contribution in [1.82, 2.24) is 9.80 Å². The van der Waals surface area contributed by atoms with Crippen molar-refractivity contribution in [2.45, 2.75) is 64.9 Å². The lowest BCUT2D eigenvalue weighted by Gasteiger charge is -2.47. The minimum absolute atomic E-state index is 0.127. The Balaban J connectivity index is 1.52. The molecule has 1 atom stereocenters. The van der Waals surface area contributed by atoms with E-state index in [0.29, 0.717) is 31.7 Å². The highest BCUT2D eigenvalue weighted by Gasteiger charge is 2.46. The number of ketones is 1. The van der Waals surface area contributed by atoms with E-state index in [1.807, 2.05) is 25.7 Å².